The minimum absolute atomic E-state index is 0.0622. The van der Waals surface area contributed by atoms with E-state index in [4.69, 9.17) is 0 Å². The fraction of sp³-hybridized carbons (Fsp3) is 0.0217. The number of rotatable bonds is 4. The molecule has 7 aromatic carbocycles. The Morgan fingerprint density at radius 2 is 1.02 bits per heavy atom. The molecule has 230 valence electrons. The lowest BCUT2D eigenvalue weighted by Crippen LogP contribution is -2.05. The molecule has 1 atom stereocenters. The normalized spacial score (nSPS) is 12.9. The largest absolute Gasteiger partial charge is 0.309 e. The maximum absolute atomic E-state index is 9.89. The van der Waals surface area contributed by atoms with Crippen LogP contribution in [-0.4, -0.2) is 4.57 Å². The lowest BCUT2D eigenvalue weighted by molar-refractivity contribution is 1.02. The highest BCUT2D eigenvalue weighted by atomic mass is 15.0. The summed E-state index contributed by atoms with van der Waals surface area (Å²) < 4.78 is 2.31. The molecule has 1 aliphatic rings. The van der Waals surface area contributed by atoms with E-state index in [1.807, 2.05) is 54.6 Å². The van der Waals surface area contributed by atoms with Crippen molar-refractivity contribution >= 4 is 21.8 Å². The Kier molecular flexibility index (Phi) is 6.67. The second-order valence-corrected chi connectivity index (χ2v) is 12.6. The molecule has 9 rings (SSSR count). The van der Waals surface area contributed by atoms with E-state index in [0.29, 0.717) is 16.7 Å². The molecule has 0 radical (unpaired) electrons. The second-order valence-electron chi connectivity index (χ2n) is 12.6. The van der Waals surface area contributed by atoms with Crippen LogP contribution in [0.3, 0.4) is 0 Å². The summed E-state index contributed by atoms with van der Waals surface area (Å²) >= 11 is 0. The fourth-order valence-corrected chi connectivity index (χ4v) is 7.89. The van der Waals surface area contributed by atoms with Crippen LogP contribution in [0.15, 0.2) is 152 Å². The van der Waals surface area contributed by atoms with Gasteiger partial charge in [0.1, 0.15) is 0 Å². The van der Waals surface area contributed by atoms with E-state index in [1.54, 1.807) is 0 Å². The summed E-state index contributed by atoms with van der Waals surface area (Å²) in [5.41, 5.74) is 14.8. The maximum atomic E-state index is 9.89. The predicted octanol–water partition coefficient (Wildman–Crippen LogP) is 10.9. The number of nitriles is 3. The average molecular weight is 635 g/mol. The van der Waals surface area contributed by atoms with Gasteiger partial charge >= 0.3 is 0 Å². The van der Waals surface area contributed by atoms with Crippen LogP contribution < -0.4 is 0 Å². The highest BCUT2D eigenvalue weighted by molar-refractivity contribution is 6.10. The molecule has 1 unspecified atom stereocenters. The number of nitrogens with zero attached hydrogens (tertiary/aromatic N) is 4. The lowest BCUT2D eigenvalue weighted by atomic mass is 9.82. The van der Waals surface area contributed by atoms with Crippen LogP contribution in [0.1, 0.15) is 39.3 Å². The van der Waals surface area contributed by atoms with E-state index < -0.39 is 0 Å². The van der Waals surface area contributed by atoms with Gasteiger partial charge < -0.3 is 4.57 Å². The van der Waals surface area contributed by atoms with Crippen LogP contribution in [0, 0.1) is 34.0 Å². The Morgan fingerprint density at radius 1 is 0.420 bits per heavy atom. The van der Waals surface area contributed by atoms with Gasteiger partial charge in [0, 0.05) is 22.3 Å². The molecule has 1 heterocycles. The fourth-order valence-electron chi connectivity index (χ4n) is 7.89. The summed E-state index contributed by atoms with van der Waals surface area (Å²) in [6.07, 6.45) is 0. The van der Waals surface area contributed by atoms with E-state index in [9.17, 15) is 15.8 Å². The minimum atomic E-state index is -0.0622. The van der Waals surface area contributed by atoms with Crippen molar-refractivity contribution in [1.82, 2.24) is 4.57 Å². The van der Waals surface area contributed by atoms with Gasteiger partial charge in [-0.3, -0.25) is 0 Å². The molecular formula is C46H26N4. The van der Waals surface area contributed by atoms with E-state index in [2.05, 4.69) is 120 Å². The van der Waals surface area contributed by atoms with Gasteiger partial charge in [-0.2, -0.15) is 15.8 Å². The summed E-state index contributed by atoms with van der Waals surface area (Å²) in [7, 11) is 0. The SMILES string of the molecule is N#Cc1cccc(-c2cccc(-n3c4ccccc4c4cc(C#N)ccc43)c2-c2ccccc2C2c3ccccc3-c3cc(C#N)ccc32)c1. The molecule has 8 aromatic rings. The van der Waals surface area contributed by atoms with E-state index in [-0.39, 0.29) is 5.92 Å². The van der Waals surface area contributed by atoms with Crippen molar-refractivity contribution in [2.75, 3.05) is 0 Å². The highest BCUT2D eigenvalue weighted by Gasteiger charge is 2.32. The number of benzene rings is 7. The Hall–Kier alpha value is -7.19. The molecular weight excluding hydrogens is 609 g/mol. The van der Waals surface area contributed by atoms with Gasteiger partial charge in [0.2, 0.25) is 0 Å². The Bertz CT molecular complexity index is 2820. The van der Waals surface area contributed by atoms with Gasteiger partial charge in [0.15, 0.2) is 0 Å². The summed E-state index contributed by atoms with van der Waals surface area (Å²) in [6.45, 7) is 0. The predicted molar refractivity (Wildman–Crippen MR) is 199 cm³/mol. The maximum Gasteiger partial charge on any atom is 0.0991 e. The van der Waals surface area contributed by atoms with E-state index in [0.717, 1.165) is 66.4 Å². The quantitative estimate of drug-likeness (QED) is 0.193. The third-order valence-corrected chi connectivity index (χ3v) is 9.98. The van der Waals surface area contributed by atoms with Crippen molar-refractivity contribution in [3.05, 3.63) is 185 Å². The van der Waals surface area contributed by atoms with E-state index in [1.165, 1.54) is 11.1 Å². The van der Waals surface area contributed by atoms with Crippen molar-refractivity contribution < 1.29 is 0 Å². The van der Waals surface area contributed by atoms with Crippen LogP contribution in [0.5, 0.6) is 0 Å². The van der Waals surface area contributed by atoms with Crippen molar-refractivity contribution in [1.29, 1.82) is 15.8 Å². The summed E-state index contributed by atoms with van der Waals surface area (Å²) in [6, 6.07) is 58.6. The molecule has 0 N–H and O–H groups in total. The van der Waals surface area contributed by atoms with Crippen LogP contribution >= 0.6 is 0 Å². The van der Waals surface area contributed by atoms with Crippen molar-refractivity contribution in [3.8, 4) is 57.3 Å². The highest BCUT2D eigenvalue weighted by Crippen LogP contribution is 2.52. The zero-order valence-corrected chi connectivity index (χ0v) is 26.8. The molecule has 4 nitrogen and oxygen atoms in total. The molecule has 0 amide bonds. The first-order valence-electron chi connectivity index (χ1n) is 16.5. The molecule has 50 heavy (non-hydrogen) atoms. The Balaban J connectivity index is 1.40. The van der Waals surface area contributed by atoms with Crippen LogP contribution in [0.2, 0.25) is 0 Å². The molecule has 1 aliphatic carbocycles. The number of para-hydroxylation sites is 1. The average Bonchev–Trinajstić information content (AvgIpc) is 3.69. The number of fused-ring (bicyclic) bond motifs is 6. The Morgan fingerprint density at radius 3 is 1.84 bits per heavy atom. The number of hydrogen-bond donors (Lipinski definition) is 0. The van der Waals surface area contributed by atoms with Gasteiger partial charge in [-0.15, -0.1) is 0 Å². The molecule has 0 saturated heterocycles. The number of hydrogen-bond acceptors (Lipinski definition) is 3. The zero-order chi connectivity index (χ0) is 33.8. The van der Waals surface area contributed by atoms with Gasteiger partial charge in [0.05, 0.1) is 51.6 Å². The van der Waals surface area contributed by atoms with Crippen LogP contribution in [0.25, 0.3) is 60.9 Å². The Labute approximate surface area is 289 Å². The van der Waals surface area contributed by atoms with E-state index >= 15 is 0 Å². The molecule has 4 heteroatoms. The first-order chi connectivity index (χ1) is 24.7. The third kappa shape index (κ3) is 4.36. The summed E-state index contributed by atoms with van der Waals surface area (Å²) in [4.78, 5) is 0. The monoisotopic (exact) mass is 634 g/mol. The van der Waals surface area contributed by atoms with Crippen LogP contribution in [0.4, 0.5) is 0 Å². The smallest absolute Gasteiger partial charge is 0.0991 e. The first kappa shape index (κ1) is 29.0. The third-order valence-electron chi connectivity index (χ3n) is 9.98. The molecule has 0 aliphatic heterocycles. The molecule has 0 spiro atoms. The standard InChI is InChI=1S/C46H26N4/c47-26-29-9-7-10-32(23-29)33-16-8-18-44(50-42-17-6-5-12-35(42)41-25-31(28-49)20-22-43(41)50)46(33)38-15-4-3-14-37(38)45-36-13-2-1-11-34(36)40-24-30(27-48)19-21-39(40)45/h1-25,45H. The summed E-state index contributed by atoms with van der Waals surface area (Å²) in [5, 5.41) is 31.6. The number of aromatic nitrogens is 1. The topological polar surface area (TPSA) is 76.3 Å². The minimum Gasteiger partial charge on any atom is -0.309 e. The second kappa shape index (κ2) is 11.5. The molecule has 0 fully saturated rings. The van der Waals surface area contributed by atoms with Gasteiger partial charge in [0.25, 0.3) is 0 Å². The molecule has 0 saturated carbocycles. The van der Waals surface area contributed by atoms with Gasteiger partial charge in [-0.1, -0.05) is 97.1 Å². The van der Waals surface area contributed by atoms with Gasteiger partial charge in [-0.25, -0.2) is 0 Å². The lowest BCUT2D eigenvalue weighted by Gasteiger charge is -2.24. The zero-order valence-electron chi connectivity index (χ0n) is 26.8. The molecule has 0 bridgehead atoms. The van der Waals surface area contributed by atoms with Crippen molar-refractivity contribution in [2.45, 2.75) is 5.92 Å². The van der Waals surface area contributed by atoms with Crippen molar-refractivity contribution in [3.63, 3.8) is 0 Å². The van der Waals surface area contributed by atoms with Crippen LogP contribution in [-0.2, 0) is 0 Å². The van der Waals surface area contributed by atoms with Crippen molar-refractivity contribution in [2.24, 2.45) is 0 Å². The molecule has 1 aromatic heterocycles. The van der Waals surface area contributed by atoms with Gasteiger partial charge in [-0.05, 0) is 99.1 Å². The summed E-state index contributed by atoms with van der Waals surface area (Å²) in [5.74, 6) is -0.0622. The first-order valence-corrected chi connectivity index (χ1v) is 16.5.